The Kier molecular flexibility index (Phi) is 7.82. The third-order valence-corrected chi connectivity index (χ3v) is 7.79. The summed E-state index contributed by atoms with van der Waals surface area (Å²) in [5, 5.41) is 6.04. The van der Waals surface area contributed by atoms with Gasteiger partial charge in [0.05, 0.1) is 29.6 Å². The lowest BCUT2D eigenvalue weighted by molar-refractivity contribution is -0.120. The molecule has 0 bridgehead atoms. The third kappa shape index (κ3) is 6.22. The molecule has 1 saturated heterocycles. The van der Waals surface area contributed by atoms with Gasteiger partial charge in [-0.1, -0.05) is 47.7 Å². The zero-order chi connectivity index (χ0) is 29.9. The van der Waals surface area contributed by atoms with Crippen LogP contribution in [0, 0.1) is 5.82 Å². The maximum Gasteiger partial charge on any atom is 0.259 e. The molecule has 4 aromatic carbocycles. The lowest BCUT2D eigenvalue weighted by atomic mass is 10.1. The summed E-state index contributed by atoms with van der Waals surface area (Å²) in [5.41, 5.74) is 2.77. The van der Waals surface area contributed by atoms with Gasteiger partial charge in [0.2, 0.25) is 0 Å². The summed E-state index contributed by atoms with van der Waals surface area (Å²) >= 11 is 1.37. The smallest absolute Gasteiger partial charge is 0.259 e. The Balaban J connectivity index is 1.18. The van der Waals surface area contributed by atoms with Gasteiger partial charge in [0, 0.05) is 11.3 Å². The number of epoxide rings is 1. The highest BCUT2D eigenvalue weighted by Gasteiger charge is 2.52. The summed E-state index contributed by atoms with van der Waals surface area (Å²) < 4.78 is 25.3. The minimum atomic E-state index is -1.02. The number of carbonyl (C=O) groups excluding carboxylic acids is 3. The van der Waals surface area contributed by atoms with E-state index in [9.17, 15) is 18.8 Å². The first-order valence-electron chi connectivity index (χ1n) is 13.3. The van der Waals surface area contributed by atoms with E-state index in [-0.39, 0.29) is 12.5 Å². The van der Waals surface area contributed by atoms with E-state index >= 15 is 0 Å². The second-order valence-corrected chi connectivity index (χ2v) is 10.7. The number of carbonyl (C=O) groups is 3. The molecule has 1 fully saturated rings. The van der Waals surface area contributed by atoms with Crippen molar-refractivity contribution in [1.82, 2.24) is 4.98 Å². The minimum Gasteiger partial charge on any atom is -0.495 e. The zero-order valence-electron chi connectivity index (χ0n) is 22.8. The summed E-state index contributed by atoms with van der Waals surface area (Å²) in [5.74, 6) is -1.20. The fraction of sp³-hybridized carbons (Fsp3) is 0.125. The number of fused-ring (bicyclic) bond motifs is 1. The van der Waals surface area contributed by atoms with Crippen LogP contribution in [0.25, 0.3) is 10.2 Å². The van der Waals surface area contributed by atoms with Gasteiger partial charge >= 0.3 is 0 Å². The number of halogens is 1. The molecule has 9 nitrogen and oxygen atoms in total. The summed E-state index contributed by atoms with van der Waals surface area (Å²) in [6, 6.07) is 26.8. The van der Waals surface area contributed by atoms with Crippen molar-refractivity contribution in [1.29, 1.82) is 0 Å². The predicted octanol–water partition coefficient (Wildman–Crippen LogP) is 5.64. The number of rotatable bonds is 9. The van der Waals surface area contributed by atoms with Crippen LogP contribution in [0.2, 0.25) is 0 Å². The van der Waals surface area contributed by atoms with Crippen molar-refractivity contribution >= 4 is 55.8 Å². The molecule has 43 heavy (non-hydrogen) atoms. The van der Waals surface area contributed by atoms with Crippen LogP contribution in [0.1, 0.15) is 15.9 Å². The van der Waals surface area contributed by atoms with E-state index in [0.717, 1.165) is 10.2 Å². The van der Waals surface area contributed by atoms with Crippen LogP contribution in [0.5, 0.6) is 5.75 Å². The van der Waals surface area contributed by atoms with Crippen LogP contribution in [0.15, 0.2) is 97.1 Å². The number of hydrogen-bond acceptors (Lipinski definition) is 7. The fourth-order valence-electron chi connectivity index (χ4n) is 4.56. The van der Waals surface area contributed by atoms with Gasteiger partial charge in [-0.25, -0.2) is 9.37 Å². The standard InChI is InChI=1S/C32H25FN4O5S/c1-41-25-8-4-2-6-23(25)34-30(39)27-28(42-27)31(40)37(18-19-10-14-21(33)15-11-19)22-16-12-20(13-17-22)29(38)36-32-35-24-7-3-5-9-26(24)43-32/h2-17,27-28H,18H2,1H3,(H,34,39)(H,35,36,38). The quantitative estimate of drug-likeness (QED) is 0.213. The van der Waals surface area contributed by atoms with Crippen molar-refractivity contribution < 1.29 is 28.2 Å². The van der Waals surface area contributed by atoms with Crippen LogP contribution in [-0.4, -0.2) is 42.0 Å². The first-order chi connectivity index (χ1) is 20.9. The molecule has 5 aromatic rings. The van der Waals surface area contributed by atoms with Crippen molar-refractivity contribution in [3.05, 3.63) is 114 Å². The Hall–Kier alpha value is -5.13. The highest BCUT2D eigenvalue weighted by atomic mass is 32.1. The van der Waals surface area contributed by atoms with E-state index in [4.69, 9.17) is 9.47 Å². The van der Waals surface area contributed by atoms with E-state index in [1.807, 2.05) is 24.3 Å². The van der Waals surface area contributed by atoms with Gasteiger partial charge in [-0.3, -0.25) is 19.7 Å². The number of thiazole rings is 1. The molecule has 2 atom stereocenters. The number of ether oxygens (including phenoxy) is 2. The number of benzene rings is 4. The molecule has 216 valence electrons. The molecule has 11 heteroatoms. The summed E-state index contributed by atoms with van der Waals surface area (Å²) in [6.07, 6.45) is -2.01. The van der Waals surface area contributed by atoms with Gasteiger partial charge in [-0.05, 0) is 66.2 Å². The van der Waals surface area contributed by atoms with Gasteiger partial charge in [0.15, 0.2) is 17.3 Å². The van der Waals surface area contributed by atoms with Crippen LogP contribution in [-0.2, 0) is 20.9 Å². The van der Waals surface area contributed by atoms with Crippen molar-refractivity contribution in [3.8, 4) is 5.75 Å². The first-order valence-corrected chi connectivity index (χ1v) is 14.1. The monoisotopic (exact) mass is 596 g/mol. The van der Waals surface area contributed by atoms with E-state index in [1.165, 1.54) is 35.5 Å². The SMILES string of the molecule is COc1ccccc1NC(=O)C1OC1C(=O)N(Cc1ccc(F)cc1)c1ccc(C(=O)Nc2nc3ccccc3s2)cc1. The third-order valence-electron chi connectivity index (χ3n) is 6.83. The largest absolute Gasteiger partial charge is 0.495 e. The average molecular weight is 597 g/mol. The van der Waals surface area contributed by atoms with E-state index in [0.29, 0.717) is 33.4 Å². The highest BCUT2D eigenvalue weighted by molar-refractivity contribution is 7.22. The Morgan fingerprint density at radius 1 is 0.907 bits per heavy atom. The molecule has 0 aliphatic carbocycles. The summed E-state index contributed by atoms with van der Waals surface area (Å²) in [6.45, 7) is 0.0943. The molecule has 2 N–H and O–H groups in total. The topological polar surface area (TPSA) is 113 Å². The minimum absolute atomic E-state index is 0.0943. The normalized spacial score (nSPS) is 15.5. The molecule has 3 amide bonds. The van der Waals surface area contributed by atoms with Gasteiger partial charge in [-0.2, -0.15) is 0 Å². The number of amides is 3. The molecule has 2 heterocycles. The second kappa shape index (κ2) is 12.0. The second-order valence-electron chi connectivity index (χ2n) is 9.71. The van der Waals surface area contributed by atoms with Crippen LogP contribution >= 0.6 is 11.3 Å². The fourth-order valence-corrected chi connectivity index (χ4v) is 5.42. The zero-order valence-corrected chi connectivity index (χ0v) is 23.6. The number of hydrogen-bond donors (Lipinski definition) is 2. The molecule has 6 rings (SSSR count). The molecule has 0 saturated carbocycles. The lowest BCUT2D eigenvalue weighted by Gasteiger charge is -2.23. The molecule has 2 unspecified atom stereocenters. The average Bonchev–Trinajstić information content (AvgIpc) is 3.73. The Morgan fingerprint density at radius 2 is 1.63 bits per heavy atom. The molecule has 1 aliphatic rings. The number of methoxy groups -OCH3 is 1. The maximum absolute atomic E-state index is 13.6. The van der Waals surface area contributed by atoms with Crippen molar-refractivity contribution in [3.63, 3.8) is 0 Å². The molecule has 1 aliphatic heterocycles. The molecular weight excluding hydrogens is 571 g/mol. The van der Waals surface area contributed by atoms with Crippen LogP contribution in [0.3, 0.4) is 0 Å². The summed E-state index contributed by atoms with van der Waals surface area (Å²) in [7, 11) is 1.49. The van der Waals surface area contributed by atoms with Gasteiger partial charge in [-0.15, -0.1) is 0 Å². The van der Waals surface area contributed by atoms with E-state index < -0.39 is 29.8 Å². The van der Waals surface area contributed by atoms with Gasteiger partial charge in [0.25, 0.3) is 17.7 Å². The molecule has 0 spiro atoms. The maximum atomic E-state index is 13.6. The van der Waals surface area contributed by atoms with Crippen molar-refractivity contribution in [2.24, 2.45) is 0 Å². The lowest BCUT2D eigenvalue weighted by Crippen LogP contribution is -2.36. The van der Waals surface area contributed by atoms with Crippen LogP contribution in [0.4, 0.5) is 20.9 Å². The van der Waals surface area contributed by atoms with Crippen LogP contribution < -0.4 is 20.3 Å². The first kappa shape index (κ1) is 28.0. The van der Waals surface area contributed by atoms with Crippen molar-refractivity contribution in [2.75, 3.05) is 22.6 Å². The van der Waals surface area contributed by atoms with E-state index in [1.54, 1.807) is 60.7 Å². The van der Waals surface area contributed by atoms with Crippen molar-refractivity contribution in [2.45, 2.75) is 18.8 Å². The Bertz CT molecular complexity index is 1780. The molecule has 1 aromatic heterocycles. The Morgan fingerprint density at radius 3 is 2.37 bits per heavy atom. The molecule has 0 radical (unpaired) electrons. The number of aromatic nitrogens is 1. The van der Waals surface area contributed by atoms with Gasteiger partial charge < -0.3 is 19.7 Å². The number of nitrogens with one attached hydrogen (secondary N) is 2. The Labute approximate surface area is 249 Å². The number of anilines is 3. The van der Waals surface area contributed by atoms with Gasteiger partial charge in [0.1, 0.15) is 11.6 Å². The molecular formula is C32H25FN4O5S. The van der Waals surface area contributed by atoms with E-state index in [2.05, 4.69) is 15.6 Å². The predicted molar refractivity (Wildman–Crippen MR) is 162 cm³/mol. The number of para-hydroxylation sites is 3. The highest BCUT2D eigenvalue weighted by Crippen LogP contribution is 2.32. The number of nitrogens with zero attached hydrogens (tertiary/aromatic N) is 2. The summed E-state index contributed by atoms with van der Waals surface area (Å²) in [4.78, 5) is 45.3.